The molecule has 4 N–H and O–H groups in total. The molecule has 0 spiro atoms. The van der Waals surface area contributed by atoms with E-state index in [9.17, 15) is 4.79 Å². The van der Waals surface area contributed by atoms with Gasteiger partial charge in [0.25, 0.3) is 5.91 Å². The Morgan fingerprint density at radius 1 is 1.56 bits per heavy atom. The van der Waals surface area contributed by atoms with Gasteiger partial charge in [-0.15, -0.1) is 0 Å². The van der Waals surface area contributed by atoms with Crippen LogP contribution in [-0.4, -0.2) is 23.2 Å². The number of benzene rings is 1. The zero-order valence-electron chi connectivity index (χ0n) is 9.25. The van der Waals surface area contributed by atoms with E-state index in [-0.39, 0.29) is 12.5 Å². The summed E-state index contributed by atoms with van der Waals surface area (Å²) >= 11 is 5.78. The molecule has 0 fully saturated rings. The average Bonchev–Trinajstić information content (AvgIpc) is 2.21. The summed E-state index contributed by atoms with van der Waals surface area (Å²) in [6.07, 6.45) is 0. The van der Waals surface area contributed by atoms with Gasteiger partial charge in [0.15, 0.2) is 0 Å². The van der Waals surface area contributed by atoms with Gasteiger partial charge in [-0.1, -0.05) is 11.6 Å². The highest BCUT2D eigenvalue weighted by Crippen LogP contribution is 2.18. The van der Waals surface area contributed by atoms with Crippen LogP contribution in [0.2, 0.25) is 5.02 Å². The zero-order valence-corrected chi connectivity index (χ0v) is 10.0. The van der Waals surface area contributed by atoms with Crippen LogP contribution in [0.15, 0.2) is 18.2 Å². The van der Waals surface area contributed by atoms with Crippen molar-refractivity contribution in [2.24, 2.45) is 0 Å². The molecular formula is C11H15ClN2O2. The first kappa shape index (κ1) is 12.8. The first-order valence-corrected chi connectivity index (χ1v) is 5.22. The van der Waals surface area contributed by atoms with Gasteiger partial charge in [-0.05, 0) is 32.0 Å². The van der Waals surface area contributed by atoms with Crippen LogP contribution in [0.1, 0.15) is 24.2 Å². The Balaban J connectivity index is 2.93. The summed E-state index contributed by atoms with van der Waals surface area (Å²) in [4.78, 5) is 11.8. The maximum atomic E-state index is 11.8. The van der Waals surface area contributed by atoms with Crippen LogP contribution in [0.3, 0.4) is 0 Å². The SMILES string of the molecule is CC(C)(CO)NC(=O)c1cc(Cl)ccc1N. The topological polar surface area (TPSA) is 75.3 Å². The van der Waals surface area contributed by atoms with Gasteiger partial charge in [-0.3, -0.25) is 4.79 Å². The maximum Gasteiger partial charge on any atom is 0.253 e. The molecule has 0 radical (unpaired) electrons. The molecular weight excluding hydrogens is 228 g/mol. The molecule has 88 valence electrons. The van der Waals surface area contributed by atoms with Crippen LogP contribution in [-0.2, 0) is 0 Å². The maximum absolute atomic E-state index is 11.8. The summed E-state index contributed by atoms with van der Waals surface area (Å²) in [6, 6.07) is 4.69. The van der Waals surface area contributed by atoms with Gasteiger partial charge in [0, 0.05) is 10.7 Å². The Hall–Kier alpha value is -1.26. The number of aliphatic hydroxyl groups is 1. The molecule has 0 bridgehead atoms. The van der Waals surface area contributed by atoms with E-state index in [2.05, 4.69) is 5.32 Å². The van der Waals surface area contributed by atoms with Gasteiger partial charge in [0.05, 0.1) is 17.7 Å². The molecule has 1 rings (SSSR count). The summed E-state index contributed by atoms with van der Waals surface area (Å²) in [6.45, 7) is 3.27. The van der Waals surface area contributed by atoms with Crippen LogP contribution in [0.4, 0.5) is 5.69 Å². The van der Waals surface area contributed by atoms with E-state index >= 15 is 0 Å². The van der Waals surface area contributed by atoms with Crippen molar-refractivity contribution in [3.8, 4) is 0 Å². The summed E-state index contributed by atoms with van der Waals surface area (Å²) in [5.41, 5.74) is 5.65. The fourth-order valence-electron chi connectivity index (χ4n) is 1.14. The second-order valence-electron chi connectivity index (χ2n) is 4.23. The van der Waals surface area contributed by atoms with Gasteiger partial charge >= 0.3 is 0 Å². The van der Waals surface area contributed by atoms with E-state index in [0.717, 1.165) is 0 Å². The third-order valence-corrected chi connectivity index (χ3v) is 2.34. The Kier molecular flexibility index (Phi) is 3.78. The molecule has 0 atom stereocenters. The number of nitrogens with one attached hydrogen (secondary N) is 1. The van der Waals surface area contributed by atoms with Crippen LogP contribution < -0.4 is 11.1 Å². The Labute approximate surface area is 99.4 Å². The molecule has 0 saturated heterocycles. The largest absolute Gasteiger partial charge is 0.398 e. The van der Waals surface area contributed by atoms with E-state index in [4.69, 9.17) is 22.4 Å². The minimum atomic E-state index is -0.689. The number of halogens is 1. The quantitative estimate of drug-likeness (QED) is 0.702. The zero-order chi connectivity index (χ0) is 12.3. The molecule has 0 aliphatic rings. The van der Waals surface area contributed by atoms with Crippen LogP contribution in [0.25, 0.3) is 0 Å². The number of nitrogen functional groups attached to an aromatic ring is 1. The number of carbonyl (C=O) groups is 1. The summed E-state index contributed by atoms with van der Waals surface area (Å²) in [7, 11) is 0. The molecule has 0 heterocycles. The Morgan fingerprint density at radius 3 is 2.75 bits per heavy atom. The van der Waals surface area contributed by atoms with Gasteiger partial charge in [0.2, 0.25) is 0 Å². The van der Waals surface area contributed by atoms with Crippen molar-refractivity contribution in [2.45, 2.75) is 19.4 Å². The van der Waals surface area contributed by atoms with Gasteiger partial charge in [-0.2, -0.15) is 0 Å². The van der Waals surface area contributed by atoms with Crippen LogP contribution in [0, 0.1) is 0 Å². The molecule has 0 aliphatic heterocycles. The number of carbonyl (C=O) groups excluding carboxylic acids is 1. The highest BCUT2D eigenvalue weighted by Gasteiger charge is 2.21. The second-order valence-corrected chi connectivity index (χ2v) is 4.66. The number of hydrogen-bond acceptors (Lipinski definition) is 3. The van der Waals surface area contributed by atoms with Crippen LogP contribution in [0.5, 0.6) is 0 Å². The van der Waals surface area contributed by atoms with Crippen molar-refractivity contribution in [2.75, 3.05) is 12.3 Å². The lowest BCUT2D eigenvalue weighted by atomic mass is 10.1. The number of anilines is 1. The Bertz CT molecular complexity index is 405. The first-order valence-electron chi connectivity index (χ1n) is 4.84. The lowest BCUT2D eigenvalue weighted by Crippen LogP contribution is -2.46. The highest BCUT2D eigenvalue weighted by molar-refractivity contribution is 6.31. The van der Waals surface area contributed by atoms with Gasteiger partial charge in [0.1, 0.15) is 0 Å². The summed E-state index contributed by atoms with van der Waals surface area (Å²) in [5, 5.41) is 12.1. The lowest BCUT2D eigenvalue weighted by molar-refractivity contribution is 0.0870. The fourth-order valence-corrected chi connectivity index (χ4v) is 1.31. The fraction of sp³-hybridized carbons (Fsp3) is 0.364. The van der Waals surface area contributed by atoms with Crippen molar-refractivity contribution < 1.29 is 9.90 Å². The van der Waals surface area contributed by atoms with Crippen molar-refractivity contribution in [1.82, 2.24) is 5.32 Å². The monoisotopic (exact) mass is 242 g/mol. The standard InChI is InChI=1S/C11H15ClN2O2/c1-11(2,6-15)14-10(16)8-5-7(12)3-4-9(8)13/h3-5,15H,6,13H2,1-2H3,(H,14,16). The third kappa shape index (κ3) is 3.12. The predicted octanol–water partition coefficient (Wildman–Crippen LogP) is 1.42. The minimum absolute atomic E-state index is 0.154. The summed E-state index contributed by atoms with van der Waals surface area (Å²) in [5.74, 6) is -0.348. The molecule has 0 saturated carbocycles. The van der Waals surface area contributed by atoms with E-state index in [1.807, 2.05) is 0 Å². The van der Waals surface area contributed by atoms with E-state index in [0.29, 0.717) is 16.3 Å². The predicted molar refractivity (Wildman–Crippen MR) is 64.5 cm³/mol. The molecule has 1 aromatic rings. The molecule has 1 aromatic carbocycles. The van der Waals surface area contributed by atoms with Gasteiger partial charge < -0.3 is 16.2 Å². The van der Waals surface area contributed by atoms with E-state index in [1.165, 1.54) is 6.07 Å². The molecule has 0 aromatic heterocycles. The average molecular weight is 243 g/mol. The number of amides is 1. The number of aliphatic hydroxyl groups excluding tert-OH is 1. The molecule has 0 aliphatic carbocycles. The Morgan fingerprint density at radius 2 is 2.19 bits per heavy atom. The van der Waals surface area contributed by atoms with Crippen molar-refractivity contribution in [3.63, 3.8) is 0 Å². The third-order valence-electron chi connectivity index (χ3n) is 2.11. The number of rotatable bonds is 3. The minimum Gasteiger partial charge on any atom is -0.398 e. The lowest BCUT2D eigenvalue weighted by Gasteiger charge is -2.23. The molecule has 0 unspecified atom stereocenters. The van der Waals surface area contributed by atoms with Gasteiger partial charge in [-0.25, -0.2) is 0 Å². The molecule has 4 nitrogen and oxygen atoms in total. The number of nitrogens with two attached hydrogens (primary N) is 1. The van der Waals surface area contributed by atoms with Crippen molar-refractivity contribution in [3.05, 3.63) is 28.8 Å². The molecule has 16 heavy (non-hydrogen) atoms. The first-order chi connectivity index (χ1) is 7.35. The summed E-state index contributed by atoms with van der Waals surface area (Å²) < 4.78 is 0. The second kappa shape index (κ2) is 4.72. The molecule has 1 amide bonds. The highest BCUT2D eigenvalue weighted by atomic mass is 35.5. The van der Waals surface area contributed by atoms with E-state index in [1.54, 1.807) is 26.0 Å². The van der Waals surface area contributed by atoms with Crippen LogP contribution >= 0.6 is 11.6 Å². The number of hydrogen-bond donors (Lipinski definition) is 3. The normalized spacial score (nSPS) is 11.2. The van der Waals surface area contributed by atoms with Crippen molar-refractivity contribution >= 4 is 23.2 Å². The van der Waals surface area contributed by atoms with E-state index < -0.39 is 5.54 Å². The smallest absolute Gasteiger partial charge is 0.253 e. The van der Waals surface area contributed by atoms with Crippen molar-refractivity contribution in [1.29, 1.82) is 0 Å². The molecule has 5 heteroatoms.